The molecule has 0 N–H and O–H groups in total. The highest BCUT2D eigenvalue weighted by atomic mass is 16.7. The minimum Gasteiger partial charge on any atom is -0.493 e. The van der Waals surface area contributed by atoms with Gasteiger partial charge >= 0.3 is 5.97 Å². The Hall–Kier alpha value is -2.21. The number of carbonyl (C=O) groups excluding carboxylic acids is 1. The minimum atomic E-state index is -0.610. The van der Waals surface area contributed by atoms with E-state index in [0.717, 1.165) is 0 Å². The molecule has 0 saturated heterocycles. The number of hydrogen-bond acceptors (Lipinski definition) is 5. The molecule has 6 nitrogen and oxygen atoms in total. The monoisotopic (exact) mass is 266 g/mol. The van der Waals surface area contributed by atoms with E-state index in [1.54, 1.807) is 0 Å². The van der Waals surface area contributed by atoms with E-state index in [4.69, 9.17) is 19.0 Å². The second kappa shape index (κ2) is 7.27. The van der Waals surface area contributed by atoms with Gasteiger partial charge < -0.3 is 19.0 Å². The Morgan fingerprint density at radius 3 is 2.21 bits per heavy atom. The average molecular weight is 266 g/mol. The third-order valence-electron chi connectivity index (χ3n) is 2.25. The normalized spacial score (nSPS) is 9.63. The first-order valence-electron chi connectivity index (χ1n) is 5.47. The fourth-order valence-corrected chi connectivity index (χ4v) is 1.40. The molecule has 0 amide bonds. The molecule has 0 atom stereocenters. The van der Waals surface area contributed by atoms with E-state index >= 15 is 0 Å². The minimum absolute atomic E-state index is 0.232. The van der Waals surface area contributed by atoms with Crippen LogP contribution in [-0.2, 0) is 4.84 Å². The molecule has 0 saturated carbocycles. The molecule has 1 aromatic rings. The Morgan fingerprint density at radius 1 is 1.21 bits per heavy atom. The van der Waals surface area contributed by atoms with Gasteiger partial charge in [-0.25, -0.2) is 4.79 Å². The van der Waals surface area contributed by atoms with Crippen molar-refractivity contribution >= 4 is 5.97 Å². The SMILES string of the molecule is C=CC[N]OC(=O)c1cc(OC)c(OC)c(OC)c1. The Labute approximate surface area is 111 Å². The van der Waals surface area contributed by atoms with Crippen LogP contribution in [0, 0.1) is 0 Å². The van der Waals surface area contributed by atoms with Crippen molar-refractivity contribution in [2.24, 2.45) is 0 Å². The maximum Gasteiger partial charge on any atom is 0.358 e. The van der Waals surface area contributed by atoms with E-state index in [9.17, 15) is 4.79 Å². The van der Waals surface area contributed by atoms with Crippen LogP contribution >= 0.6 is 0 Å². The zero-order valence-electron chi connectivity index (χ0n) is 11.1. The van der Waals surface area contributed by atoms with Crippen molar-refractivity contribution in [1.82, 2.24) is 5.48 Å². The summed E-state index contributed by atoms with van der Waals surface area (Å²) in [7, 11) is 4.42. The van der Waals surface area contributed by atoms with E-state index < -0.39 is 5.97 Å². The van der Waals surface area contributed by atoms with Crippen LogP contribution in [0.2, 0.25) is 0 Å². The lowest BCUT2D eigenvalue weighted by atomic mass is 10.2. The van der Waals surface area contributed by atoms with E-state index in [1.807, 2.05) is 0 Å². The van der Waals surface area contributed by atoms with Gasteiger partial charge in [-0.15, -0.1) is 6.58 Å². The molecule has 0 aliphatic rings. The summed E-state index contributed by atoms with van der Waals surface area (Å²) < 4.78 is 15.4. The van der Waals surface area contributed by atoms with Gasteiger partial charge in [0, 0.05) is 0 Å². The van der Waals surface area contributed by atoms with Gasteiger partial charge in [0.15, 0.2) is 11.5 Å². The van der Waals surface area contributed by atoms with Gasteiger partial charge in [-0.05, 0) is 17.6 Å². The van der Waals surface area contributed by atoms with Gasteiger partial charge in [0.25, 0.3) is 0 Å². The summed E-state index contributed by atoms with van der Waals surface area (Å²) in [5.41, 5.74) is 3.79. The van der Waals surface area contributed by atoms with Gasteiger partial charge in [-0.1, -0.05) is 6.08 Å². The lowest BCUT2D eigenvalue weighted by Gasteiger charge is -2.13. The highest BCUT2D eigenvalue weighted by molar-refractivity contribution is 5.91. The van der Waals surface area contributed by atoms with Crippen molar-refractivity contribution < 1.29 is 23.8 Å². The number of methoxy groups -OCH3 is 3. The fourth-order valence-electron chi connectivity index (χ4n) is 1.40. The predicted molar refractivity (Wildman–Crippen MR) is 68.7 cm³/mol. The molecule has 1 radical (unpaired) electrons. The number of benzene rings is 1. The van der Waals surface area contributed by atoms with Gasteiger partial charge in [0.1, 0.15) is 0 Å². The average Bonchev–Trinajstić information content (AvgIpc) is 2.45. The Balaban J connectivity index is 3.01. The number of carbonyl (C=O) groups is 1. The Bertz CT molecular complexity index is 433. The summed E-state index contributed by atoms with van der Waals surface area (Å²) in [6.07, 6.45) is 1.52. The first kappa shape index (κ1) is 14.8. The van der Waals surface area contributed by atoms with Crippen LogP contribution in [0.4, 0.5) is 0 Å². The van der Waals surface area contributed by atoms with Crippen molar-refractivity contribution in [1.29, 1.82) is 0 Å². The predicted octanol–water partition coefficient (Wildman–Crippen LogP) is 1.57. The van der Waals surface area contributed by atoms with Gasteiger partial charge in [0.05, 0.1) is 33.4 Å². The smallest absolute Gasteiger partial charge is 0.358 e. The van der Waals surface area contributed by atoms with Crippen LogP contribution in [0.15, 0.2) is 24.8 Å². The molecule has 6 heteroatoms. The summed E-state index contributed by atoms with van der Waals surface area (Å²) in [6, 6.07) is 2.99. The summed E-state index contributed by atoms with van der Waals surface area (Å²) in [6.45, 7) is 3.70. The molecule has 0 aliphatic carbocycles. The van der Waals surface area contributed by atoms with Crippen LogP contribution in [0.3, 0.4) is 0 Å². The van der Waals surface area contributed by atoms with E-state index in [-0.39, 0.29) is 12.1 Å². The van der Waals surface area contributed by atoms with Gasteiger partial charge in [-0.2, -0.15) is 0 Å². The van der Waals surface area contributed by atoms with Crippen LogP contribution < -0.4 is 19.7 Å². The summed E-state index contributed by atoms with van der Waals surface area (Å²) in [5, 5.41) is 0. The number of hydrogen-bond donors (Lipinski definition) is 0. The standard InChI is InChI=1S/C13H16NO5/c1-5-6-14-19-13(15)9-7-10(16-2)12(18-4)11(8-9)17-3/h5,7-8H,1,6H2,2-4H3. The quantitative estimate of drug-likeness (QED) is 0.426. The van der Waals surface area contributed by atoms with E-state index in [2.05, 4.69) is 12.1 Å². The number of hydroxylamine groups is 1. The number of rotatable bonds is 7. The van der Waals surface area contributed by atoms with Crippen molar-refractivity contribution in [3.63, 3.8) is 0 Å². The van der Waals surface area contributed by atoms with E-state index in [1.165, 1.54) is 39.5 Å². The second-order valence-electron chi connectivity index (χ2n) is 3.39. The van der Waals surface area contributed by atoms with Gasteiger partial charge in [-0.3, -0.25) is 0 Å². The summed E-state index contributed by atoms with van der Waals surface area (Å²) in [5.74, 6) is 0.542. The zero-order valence-corrected chi connectivity index (χ0v) is 11.1. The topological polar surface area (TPSA) is 68.1 Å². The first-order chi connectivity index (χ1) is 9.17. The molecular weight excluding hydrogens is 250 g/mol. The fraction of sp³-hybridized carbons (Fsp3) is 0.308. The van der Waals surface area contributed by atoms with Gasteiger partial charge in [0.2, 0.25) is 5.75 Å². The van der Waals surface area contributed by atoms with Crippen LogP contribution in [0.5, 0.6) is 17.2 Å². The maximum atomic E-state index is 11.8. The van der Waals surface area contributed by atoms with Crippen molar-refractivity contribution in [3.05, 3.63) is 30.4 Å². The summed E-state index contributed by atoms with van der Waals surface area (Å²) >= 11 is 0. The lowest BCUT2D eigenvalue weighted by Crippen LogP contribution is -2.14. The molecule has 0 unspecified atom stereocenters. The van der Waals surface area contributed by atoms with Crippen molar-refractivity contribution in [3.8, 4) is 17.2 Å². The largest absolute Gasteiger partial charge is 0.493 e. The lowest BCUT2D eigenvalue weighted by molar-refractivity contribution is 0.0250. The second-order valence-corrected chi connectivity index (χ2v) is 3.39. The molecule has 103 valence electrons. The van der Waals surface area contributed by atoms with Crippen LogP contribution in [0.1, 0.15) is 10.4 Å². The Morgan fingerprint density at radius 2 is 1.79 bits per heavy atom. The van der Waals surface area contributed by atoms with Crippen molar-refractivity contribution in [2.75, 3.05) is 27.9 Å². The summed E-state index contributed by atoms with van der Waals surface area (Å²) in [4.78, 5) is 16.5. The van der Waals surface area contributed by atoms with Crippen molar-refractivity contribution in [2.45, 2.75) is 0 Å². The molecule has 0 aliphatic heterocycles. The highest BCUT2D eigenvalue weighted by Crippen LogP contribution is 2.38. The van der Waals surface area contributed by atoms with Crippen LogP contribution in [0.25, 0.3) is 0 Å². The van der Waals surface area contributed by atoms with E-state index in [0.29, 0.717) is 17.2 Å². The third-order valence-corrected chi connectivity index (χ3v) is 2.25. The molecule has 0 aromatic heterocycles. The Kier molecular flexibility index (Phi) is 5.69. The molecule has 19 heavy (non-hydrogen) atoms. The first-order valence-corrected chi connectivity index (χ1v) is 5.47. The highest BCUT2D eigenvalue weighted by Gasteiger charge is 2.18. The maximum absolute atomic E-state index is 11.8. The molecule has 0 bridgehead atoms. The zero-order chi connectivity index (χ0) is 14.3. The molecule has 0 heterocycles. The molecule has 0 spiro atoms. The number of ether oxygens (including phenoxy) is 3. The number of nitrogens with zero attached hydrogens (tertiary/aromatic N) is 1. The molecular formula is C13H16NO5. The third kappa shape index (κ3) is 3.62. The van der Waals surface area contributed by atoms with Crippen LogP contribution in [-0.4, -0.2) is 33.8 Å². The molecule has 1 rings (SSSR count). The molecule has 1 aromatic carbocycles. The molecule has 0 fully saturated rings.